The molecule has 0 atom stereocenters. The molecule has 0 unspecified atom stereocenters. The summed E-state index contributed by atoms with van der Waals surface area (Å²) in [5.74, 6) is -0.986. The van der Waals surface area contributed by atoms with Gasteiger partial charge in [0.05, 0.1) is 26.8 Å². The Bertz CT molecular complexity index is 1370. The van der Waals surface area contributed by atoms with Gasteiger partial charge in [-0.25, -0.2) is 4.79 Å². The van der Waals surface area contributed by atoms with Crippen molar-refractivity contribution >= 4 is 34.9 Å². The summed E-state index contributed by atoms with van der Waals surface area (Å²) in [7, 11) is 0. The number of benzene rings is 3. The topological polar surface area (TPSA) is 137 Å². The standard InChI is InChI=1S/C23H15ClN4O6/c24-18-12-15(28(31)32)10-11-16(18)21(29)25-19-9-5-4-8-17(19)23(30)33-13-20-26-27-22(34-20)14-6-2-1-3-7-14/h1-12H,13H2,(H,25,29). The van der Waals surface area contributed by atoms with Crippen LogP contribution in [0.5, 0.6) is 0 Å². The van der Waals surface area contributed by atoms with Gasteiger partial charge in [-0.3, -0.25) is 14.9 Å². The SMILES string of the molecule is O=C(Nc1ccccc1C(=O)OCc1nnc(-c2ccccc2)o1)c1ccc([N+](=O)[O-])cc1Cl. The number of para-hydroxylation sites is 1. The van der Waals surface area contributed by atoms with E-state index in [2.05, 4.69) is 15.5 Å². The van der Waals surface area contributed by atoms with E-state index in [4.69, 9.17) is 20.8 Å². The lowest BCUT2D eigenvalue weighted by Crippen LogP contribution is -2.16. The highest BCUT2D eigenvalue weighted by Gasteiger charge is 2.19. The summed E-state index contributed by atoms with van der Waals surface area (Å²) in [5.41, 5.74) is 0.737. The van der Waals surface area contributed by atoms with Crippen LogP contribution in [-0.2, 0) is 11.3 Å². The second-order valence-electron chi connectivity index (χ2n) is 6.86. The normalized spacial score (nSPS) is 10.5. The fraction of sp³-hybridized carbons (Fsp3) is 0.0435. The van der Waals surface area contributed by atoms with Crippen LogP contribution in [-0.4, -0.2) is 27.0 Å². The molecule has 0 aliphatic carbocycles. The van der Waals surface area contributed by atoms with Crippen LogP contribution < -0.4 is 5.32 Å². The predicted molar refractivity (Wildman–Crippen MR) is 121 cm³/mol. The molecule has 0 radical (unpaired) electrons. The lowest BCUT2D eigenvalue weighted by atomic mass is 10.1. The number of halogens is 1. The first-order valence-corrected chi connectivity index (χ1v) is 10.2. The van der Waals surface area contributed by atoms with Gasteiger partial charge in [-0.05, 0) is 30.3 Å². The molecule has 0 spiro atoms. The molecule has 11 heteroatoms. The number of carbonyl (C=O) groups excluding carboxylic acids is 2. The first-order chi connectivity index (χ1) is 16.4. The fourth-order valence-electron chi connectivity index (χ4n) is 2.98. The van der Waals surface area contributed by atoms with Crippen molar-refractivity contribution < 1.29 is 23.7 Å². The van der Waals surface area contributed by atoms with Gasteiger partial charge in [0.25, 0.3) is 17.5 Å². The number of hydrogen-bond donors (Lipinski definition) is 1. The van der Waals surface area contributed by atoms with Crippen molar-refractivity contribution in [2.45, 2.75) is 6.61 Å². The lowest BCUT2D eigenvalue weighted by molar-refractivity contribution is -0.384. The Hall–Kier alpha value is -4.57. The molecular weight excluding hydrogens is 464 g/mol. The third-order valence-corrected chi connectivity index (χ3v) is 4.93. The van der Waals surface area contributed by atoms with Gasteiger partial charge in [-0.1, -0.05) is 41.9 Å². The average Bonchev–Trinajstić information content (AvgIpc) is 3.32. The van der Waals surface area contributed by atoms with E-state index in [1.807, 2.05) is 18.2 Å². The van der Waals surface area contributed by atoms with E-state index in [9.17, 15) is 19.7 Å². The highest BCUT2D eigenvalue weighted by Crippen LogP contribution is 2.25. The number of esters is 1. The minimum Gasteiger partial charge on any atom is -0.452 e. The van der Waals surface area contributed by atoms with Gasteiger partial charge in [0.15, 0.2) is 6.61 Å². The molecule has 0 aliphatic rings. The third-order valence-electron chi connectivity index (χ3n) is 4.62. The summed E-state index contributed by atoms with van der Waals surface area (Å²) in [5, 5.41) is 21.1. The number of aromatic nitrogens is 2. The second kappa shape index (κ2) is 9.92. The van der Waals surface area contributed by atoms with Crippen LogP contribution in [0.1, 0.15) is 26.6 Å². The number of amides is 1. The van der Waals surface area contributed by atoms with E-state index in [-0.39, 0.29) is 40.0 Å². The lowest BCUT2D eigenvalue weighted by Gasteiger charge is -2.11. The summed E-state index contributed by atoms with van der Waals surface area (Å²) in [6.45, 7) is -0.269. The molecule has 0 saturated heterocycles. The zero-order valence-corrected chi connectivity index (χ0v) is 18.1. The van der Waals surface area contributed by atoms with Crippen molar-refractivity contribution in [2.24, 2.45) is 0 Å². The number of nitrogens with zero attached hydrogens (tertiary/aromatic N) is 3. The van der Waals surface area contributed by atoms with Crippen molar-refractivity contribution in [2.75, 3.05) is 5.32 Å². The Kier molecular flexibility index (Phi) is 6.60. The monoisotopic (exact) mass is 478 g/mol. The van der Waals surface area contributed by atoms with Crippen molar-refractivity contribution in [3.05, 3.63) is 105 Å². The van der Waals surface area contributed by atoms with Crippen molar-refractivity contribution in [3.63, 3.8) is 0 Å². The van der Waals surface area contributed by atoms with E-state index in [0.29, 0.717) is 5.89 Å². The number of nitro benzene ring substituents is 1. The first kappa shape index (κ1) is 22.6. The first-order valence-electron chi connectivity index (χ1n) is 9.81. The number of hydrogen-bond acceptors (Lipinski definition) is 8. The molecule has 10 nitrogen and oxygen atoms in total. The highest BCUT2D eigenvalue weighted by molar-refractivity contribution is 6.34. The largest absolute Gasteiger partial charge is 0.452 e. The number of non-ortho nitro benzene ring substituents is 1. The van der Waals surface area contributed by atoms with E-state index in [0.717, 1.165) is 17.7 Å². The highest BCUT2D eigenvalue weighted by atomic mass is 35.5. The Morgan fingerprint density at radius 1 is 1.00 bits per heavy atom. The number of carbonyl (C=O) groups is 2. The maximum absolute atomic E-state index is 12.7. The molecule has 0 bridgehead atoms. The maximum atomic E-state index is 12.7. The van der Waals surface area contributed by atoms with E-state index in [1.165, 1.54) is 18.2 Å². The fourth-order valence-corrected chi connectivity index (χ4v) is 3.24. The smallest absolute Gasteiger partial charge is 0.340 e. The van der Waals surface area contributed by atoms with Gasteiger partial charge in [0.1, 0.15) is 0 Å². The van der Waals surface area contributed by atoms with Crippen LogP contribution in [0.3, 0.4) is 0 Å². The van der Waals surface area contributed by atoms with Crippen LogP contribution in [0.2, 0.25) is 5.02 Å². The molecule has 1 N–H and O–H groups in total. The van der Waals surface area contributed by atoms with Crippen LogP contribution >= 0.6 is 11.6 Å². The van der Waals surface area contributed by atoms with Crippen LogP contribution in [0.4, 0.5) is 11.4 Å². The Morgan fingerprint density at radius 3 is 2.47 bits per heavy atom. The Morgan fingerprint density at radius 2 is 1.74 bits per heavy atom. The maximum Gasteiger partial charge on any atom is 0.340 e. The molecule has 0 fully saturated rings. The third kappa shape index (κ3) is 5.08. The average molecular weight is 479 g/mol. The number of ether oxygens (including phenoxy) is 1. The quantitative estimate of drug-likeness (QED) is 0.225. The van der Waals surface area contributed by atoms with E-state index in [1.54, 1.807) is 24.3 Å². The van der Waals surface area contributed by atoms with E-state index >= 15 is 0 Å². The van der Waals surface area contributed by atoms with Crippen molar-refractivity contribution in [3.8, 4) is 11.5 Å². The second-order valence-corrected chi connectivity index (χ2v) is 7.27. The molecule has 4 aromatic rings. The minimum atomic E-state index is -0.731. The Balaban J connectivity index is 1.45. The van der Waals surface area contributed by atoms with Gasteiger partial charge in [0, 0.05) is 17.7 Å². The minimum absolute atomic E-state index is 0.00902. The van der Waals surface area contributed by atoms with Gasteiger partial charge < -0.3 is 14.5 Å². The Labute approximate surface area is 197 Å². The summed E-state index contributed by atoms with van der Waals surface area (Å²) >= 11 is 6.02. The van der Waals surface area contributed by atoms with Gasteiger partial charge in [-0.2, -0.15) is 0 Å². The van der Waals surface area contributed by atoms with Crippen molar-refractivity contribution in [1.29, 1.82) is 0 Å². The van der Waals surface area contributed by atoms with Crippen LogP contribution in [0, 0.1) is 10.1 Å². The molecule has 170 valence electrons. The molecule has 34 heavy (non-hydrogen) atoms. The molecule has 0 saturated carbocycles. The molecular formula is C23H15ClN4O6. The number of nitro groups is 1. The van der Waals surface area contributed by atoms with Crippen LogP contribution in [0.15, 0.2) is 77.2 Å². The summed E-state index contributed by atoms with van der Waals surface area (Å²) in [6, 6.07) is 18.8. The molecule has 1 amide bonds. The number of rotatable bonds is 7. The molecule has 1 aromatic heterocycles. The number of anilines is 1. The van der Waals surface area contributed by atoms with E-state index < -0.39 is 16.8 Å². The van der Waals surface area contributed by atoms with Gasteiger partial charge in [-0.15, -0.1) is 10.2 Å². The molecule has 3 aromatic carbocycles. The molecule has 0 aliphatic heterocycles. The van der Waals surface area contributed by atoms with Gasteiger partial charge in [0.2, 0.25) is 5.89 Å². The molecule has 4 rings (SSSR count). The zero-order valence-electron chi connectivity index (χ0n) is 17.3. The van der Waals surface area contributed by atoms with Crippen molar-refractivity contribution in [1.82, 2.24) is 10.2 Å². The van der Waals surface area contributed by atoms with Crippen LogP contribution in [0.25, 0.3) is 11.5 Å². The number of nitrogens with one attached hydrogen (secondary N) is 1. The zero-order chi connectivity index (χ0) is 24.1. The van der Waals surface area contributed by atoms with Gasteiger partial charge >= 0.3 is 5.97 Å². The molecule has 1 heterocycles. The summed E-state index contributed by atoms with van der Waals surface area (Å²) in [4.78, 5) is 35.6. The predicted octanol–water partition coefficient (Wildman–Crippen LogP) is 4.91. The summed E-state index contributed by atoms with van der Waals surface area (Å²) < 4.78 is 10.8. The summed E-state index contributed by atoms with van der Waals surface area (Å²) in [6.07, 6.45) is 0.